The summed E-state index contributed by atoms with van der Waals surface area (Å²) in [6.07, 6.45) is 0. The Bertz CT molecular complexity index is 296. The zero-order valence-corrected chi connectivity index (χ0v) is 9.88. The first-order chi connectivity index (χ1) is 7.15. The highest BCUT2D eigenvalue weighted by Crippen LogP contribution is 2.11. The second kappa shape index (κ2) is 5.88. The van der Waals surface area contributed by atoms with E-state index in [4.69, 9.17) is 5.11 Å². The van der Waals surface area contributed by atoms with Crippen molar-refractivity contribution in [1.29, 1.82) is 0 Å². The van der Waals surface area contributed by atoms with Crippen LogP contribution in [-0.4, -0.2) is 17.6 Å². The summed E-state index contributed by atoms with van der Waals surface area (Å²) in [4.78, 5) is 12.8. The van der Waals surface area contributed by atoms with Crippen LogP contribution >= 0.6 is 11.3 Å². The molecule has 15 heavy (non-hydrogen) atoms. The number of thiophene rings is 1. The molecule has 0 bridgehead atoms. The number of hydrogen-bond acceptors (Lipinski definition) is 3. The first-order valence-corrected chi connectivity index (χ1v) is 5.94. The summed E-state index contributed by atoms with van der Waals surface area (Å²) in [5, 5.41) is 13.9. The molecule has 2 N–H and O–H groups in total. The van der Waals surface area contributed by atoms with Crippen LogP contribution in [0.3, 0.4) is 0 Å². The van der Waals surface area contributed by atoms with Gasteiger partial charge in [-0.1, -0.05) is 19.9 Å². The highest BCUT2D eigenvalue weighted by molar-refractivity contribution is 7.09. The van der Waals surface area contributed by atoms with E-state index < -0.39 is 0 Å². The molecule has 0 aliphatic heterocycles. The van der Waals surface area contributed by atoms with Crippen LogP contribution in [0.5, 0.6) is 0 Å². The normalized spacial score (nSPS) is 12.8. The van der Waals surface area contributed by atoms with Gasteiger partial charge in [-0.05, 0) is 17.4 Å². The Kier molecular flexibility index (Phi) is 4.78. The summed E-state index contributed by atoms with van der Waals surface area (Å²) in [6.45, 7) is 4.34. The molecular formula is C11H17NO2S. The predicted molar refractivity (Wildman–Crippen MR) is 61.6 cm³/mol. The second-order valence-electron chi connectivity index (χ2n) is 3.83. The Morgan fingerprint density at radius 1 is 1.60 bits per heavy atom. The first-order valence-electron chi connectivity index (χ1n) is 5.06. The average Bonchev–Trinajstić information content (AvgIpc) is 2.67. The van der Waals surface area contributed by atoms with Crippen LogP contribution in [0, 0.1) is 11.8 Å². The molecule has 1 unspecified atom stereocenters. The van der Waals surface area contributed by atoms with Crippen molar-refractivity contribution in [3.63, 3.8) is 0 Å². The van der Waals surface area contributed by atoms with E-state index in [2.05, 4.69) is 5.32 Å². The van der Waals surface area contributed by atoms with E-state index in [-0.39, 0.29) is 24.3 Å². The minimum atomic E-state index is -0.301. The van der Waals surface area contributed by atoms with E-state index in [1.807, 2.05) is 31.4 Å². The highest BCUT2D eigenvalue weighted by atomic mass is 32.1. The zero-order chi connectivity index (χ0) is 11.3. The maximum absolute atomic E-state index is 11.6. The van der Waals surface area contributed by atoms with Gasteiger partial charge < -0.3 is 10.4 Å². The van der Waals surface area contributed by atoms with Gasteiger partial charge in [-0.15, -0.1) is 11.3 Å². The van der Waals surface area contributed by atoms with Gasteiger partial charge in [0.2, 0.25) is 5.91 Å². The van der Waals surface area contributed by atoms with E-state index >= 15 is 0 Å². The van der Waals surface area contributed by atoms with E-state index in [0.717, 1.165) is 4.88 Å². The lowest BCUT2D eigenvalue weighted by atomic mass is 9.96. The number of carbonyl (C=O) groups excluding carboxylic acids is 1. The van der Waals surface area contributed by atoms with Gasteiger partial charge in [-0.25, -0.2) is 0 Å². The monoisotopic (exact) mass is 227 g/mol. The van der Waals surface area contributed by atoms with Crippen LogP contribution in [0.1, 0.15) is 18.7 Å². The minimum Gasteiger partial charge on any atom is -0.396 e. The van der Waals surface area contributed by atoms with Crippen molar-refractivity contribution in [1.82, 2.24) is 5.32 Å². The molecular weight excluding hydrogens is 210 g/mol. The molecule has 0 saturated carbocycles. The molecule has 0 aliphatic carbocycles. The van der Waals surface area contributed by atoms with Gasteiger partial charge in [0, 0.05) is 4.88 Å². The van der Waals surface area contributed by atoms with Crippen LogP contribution in [0.4, 0.5) is 0 Å². The number of rotatable bonds is 5. The molecule has 1 heterocycles. The fourth-order valence-electron chi connectivity index (χ4n) is 1.31. The number of amides is 1. The lowest BCUT2D eigenvalue weighted by Crippen LogP contribution is -2.35. The van der Waals surface area contributed by atoms with Crippen molar-refractivity contribution in [2.45, 2.75) is 20.4 Å². The van der Waals surface area contributed by atoms with Gasteiger partial charge in [-0.2, -0.15) is 0 Å². The molecule has 4 heteroatoms. The van der Waals surface area contributed by atoms with Crippen LogP contribution in [0.15, 0.2) is 17.5 Å². The molecule has 0 aromatic carbocycles. The average molecular weight is 227 g/mol. The molecule has 0 fully saturated rings. The molecule has 1 atom stereocenters. The van der Waals surface area contributed by atoms with Crippen LogP contribution in [-0.2, 0) is 11.3 Å². The molecule has 0 saturated heterocycles. The topological polar surface area (TPSA) is 49.3 Å². The Morgan fingerprint density at radius 2 is 2.33 bits per heavy atom. The van der Waals surface area contributed by atoms with Gasteiger partial charge in [0.1, 0.15) is 0 Å². The van der Waals surface area contributed by atoms with Crippen LogP contribution < -0.4 is 5.32 Å². The smallest absolute Gasteiger partial charge is 0.225 e. The second-order valence-corrected chi connectivity index (χ2v) is 4.86. The van der Waals surface area contributed by atoms with E-state index in [9.17, 15) is 4.79 Å². The van der Waals surface area contributed by atoms with Crippen LogP contribution in [0.2, 0.25) is 0 Å². The zero-order valence-electron chi connectivity index (χ0n) is 9.06. The molecule has 1 aromatic rings. The van der Waals surface area contributed by atoms with Crippen molar-refractivity contribution in [3.8, 4) is 0 Å². The van der Waals surface area contributed by atoms with Crippen molar-refractivity contribution in [2.75, 3.05) is 6.61 Å². The maximum atomic E-state index is 11.6. The third-order valence-corrected chi connectivity index (χ3v) is 3.23. The molecule has 1 amide bonds. The van der Waals surface area contributed by atoms with Crippen molar-refractivity contribution in [2.24, 2.45) is 11.8 Å². The lowest BCUT2D eigenvalue weighted by Gasteiger charge is -2.17. The van der Waals surface area contributed by atoms with E-state index in [1.54, 1.807) is 11.3 Å². The summed E-state index contributed by atoms with van der Waals surface area (Å²) >= 11 is 1.62. The Hall–Kier alpha value is -0.870. The molecule has 0 spiro atoms. The molecule has 0 aliphatic rings. The Labute approximate surface area is 94.1 Å². The fourth-order valence-corrected chi connectivity index (χ4v) is 1.96. The maximum Gasteiger partial charge on any atom is 0.225 e. The quantitative estimate of drug-likeness (QED) is 0.803. The van der Waals surface area contributed by atoms with Gasteiger partial charge >= 0.3 is 0 Å². The van der Waals surface area contributed by atoms with Gasteiger partial charge in [0.15, 0.2) is 0 Å². The predicted octanol–water partition coefficient (Wildman–Crippen LogP) is 1.63. The number of hydrogen-bond donors (Lipinski definition) is 2. The van der Waals surface area contributed by atoms with Crippen molar-refractivity contribution in [3.05, 3.63) is 22.4 Å². The molecule has 0 radical (unpaired) electrons. The summed E-state index contributed by atoms with van der Waals surface area (Å²) < 4.78 is 0. The summed E-state index contributed by atoms with van der Waals surface area (Å²) in [5.41, 5.74) is 0. The molecule has 84 valence electrons. The van der Waals surface area contributed by atoms with Gasteiger partial charge in [-0.3, -0.25) is 4.79 Å². The number of nitrogens with one attached hydrogen (secondary N) is 1. The molecule has 1 rings (SSSR count). The number of carbonyl (C=O) groups is 1. The summed E-state index contributed by atoms with van der Waals surface area (Å²) in [6, 6.07) is 3.94. The SMILES string of the molecule is CC(C)C(CO)C(=O)NCc1cccs1. The van der Waals surface area contributed by atoms with E-state index in [1.165, 1.54) is 0 Å². The number of aliphatic hydroxyl groups excluding tert-OH is 1. The summed E-state index contributed by atoms with van der Waals surface area (Å²) in [5.74, 6) is -0.204. The number of aliphatic hydroxyl groups is 1. The largest absolute Gasteiger partial charge is 0.396 e. The van der Waals surface area contributed by atoms with E-state index in [0.29, 0.717) is 6.54 Å². The third-order valence-electron chi connectivity index (χ3n) is 2.36. The standard InChI is InChI=1S/C11H17NO2S/c1-8(2)10(7-13)11(14)12-6-9-4-3-5-15-9/h3-5,8,10,13H,6-7H2,1-2H3,(H,12,14). The van der Waals surface area contributed by atoms with Gasteiger partial charge in [0.05, 0.1) is 19.1 Å². The lowest BCUT2D eigenvalue weighted by molar-refractivity contribution is -0.127. The highest BCUT2D eigenvalue weighted by Gasteiger charge is 2.20. The third kappa shape index (κ3) is 3.64. The fraction of sp³-hybridized carbons (Fsp3) is 0.545. The summed E-state index contributed by atoms with van der Waals surface area (Å²) in [7, 11) is 0. The minimum absolute atomic E-state index is 0.0686. The molecule has 3 nitrogen and oxygen atoms in total. The van der Waals surface area contributed by atoms with Crippen molar-refractivity contribution >= 4 is 17.2 Å². The Morgan fingerprint density at radius 3 is 2.80 bits per heavy atom. The van der Waals surface area contributed by atoms with Gasteiger partial charge in [0.25, 0.3) is 0 Å². The Balaban J connectivity index is 2.41. The molecule has 1 aromatic heterocycles. The van der Waals surface area contributed by atoms with Crippen molar-refractivity contribution < 1.29 is 9.90 Å². The van der Waals surface area contributed by atoms with Crippen LogP contribution in [0.25, 0.3) is 0 Å². The first kappa shape index (κ1) is 12.2.